The summed E-state index contributed by atoms with van der Waals surface area (Å²) in [6.45, 7) is 5.76. The van der Waals surface area contributed by atoms with Crippen LogP contribution in [0.5, 0.6) is 11.5 Å². The fourth-order valence-electron chi connectivity index (χ4n) is 2.47. The van der Waals surface area contributed by atoms with Crippen LogP contribution in [0, 0.1) is 13.8 Å². The second-order valence-electron chi connectivity index (χ2n) is 5.73. The lowest BCUT2D eigenvalue weighted by atomic mass is 10.0. The van der Waals surface area contributed by atoms with Gasteiger partial charge in [-0.2, -0.15) is 0 Å². The first-order valence-electron chi connectivity index (χ1n) is 7.73. The molecule has 1 atom stereocenters. The second kappa shape index (κ2) is 8.06. The van der Waals surface area contributed by atoms with Gasteiger partial charge in [0, 0.05) is 10.6 Å². The zero-order valence-corrected chi connectivity index (χ0v) is 15.1. The minimum absolute atomic E-state index is 0.0546. The Morgan fingerprint density at radius 1 is 1.17 bits per heavy atom. The molecule has 4 nitrogen and oxygen atoms in total. The van der Waals surface area contributed by atoms with Crippen molar-refractivity contribution in [2.24, 2.45) is 0 Å². The lowest BCUT2D eigenvalue weighted by Crippen LogP contribution is -2.31. The minimum atomic E-state index is -0.194. The summed E-state index contributed by atoms with van der Waals surface area (Å²) in [6.07, 6.45) is 0. The summed E-state index contributed by atoms with van der Waals surface area (Å²) in [5, 5.41) is 3.57. The third-order valence-corrected chi connectivity index (χ3v) is 3.96. The lowest BCUT2D eigenvalue weighted by molar-refractivity contribution is -0.123. The first-order valence-corrected chi connectivity index (χ1v) is 8.11. The van der Waals surface area contributed by atoms with E-state index in [1.165, 1.54) is 0 Å². The predicted molar refractivity (Wildman–Crippen MR) is 96.0 cm³/mol. The summed E-state index contributed by atoms with van der Waals surface area (Å²) < 4.78 is 10.9. The zero-order chi connectivity index (χ0) is 17.7. The molecule has 5 heteroatoms. The third kappa shape index (κ3) is 4.65. The van der Waals surface area contributed by atoms with Gasteiger partial charge in [-0.15, -0.1) is 0 Å². The zero-order valence-electron chi connectivity index (χ0n) is 14.4. The average Bonchev–Trinajstić information content (AvgIpc) is 2.54. The Labute approximate surface area is 147 Å². The van der Waals surface area contributed by atoms with Crippen LogP contribution in [0.2, 0.25) is 5.02 Å². The summed E-state index contributed by atoms with van der Waals surface area (Å²) in [6, 6.07) is 11.0. The van der Waals surface area contributed by atoms with Crippen molar-refractivity contribution in [1.82, 2.24) is 5.32 Å². The van der Waals surface area contributed by atoms with Gasteiger partial charge in [-0.3, -0.25) is 4.79 Å². The first-order chi connectivity index (χ1) is 11.4. The van der Waals surface area contributed by atoms with Crippen molar-refractivity contribution in [1.29, 1.82) is 0 Å². The van der Waals surface area contributed by atoms with Crippen LogP contribution in [0.3, 0.4) is 0 Å². The summed E-state index contributed by atoms with van der Waals surface area (Å²) in [4.78, 5) is 12.2. The number of nitrogens with one attached hydrogen (secondary N) is 1. The van der Waals surface area contributed by atoms with E-state index in [1.807, 2.05) is 39.0 Å². The second-order valence-corrected chi connectivity index (χ2v) is 6.17. The minimum Gasteiger partial charge on any atom is -0.496 e. The molecule has 24 heavy (non-hydrogen) atoms. The van der Waals surface area contributed by atoms with Gasteiger partial charge in [0.05, 0.1) is 13.2 Å². The van der Waals surface area contributed by atoms with E-state index in [9.17, 15) is 4.79 Å². The van der Waals surface area contributed by atoms with Crippen LogP contribution in [0.15, 0.2) is 36.4 Å². The van der Waals surface area contributed by atoms with Gasteiger partial charge in [-0.05, 0) is 50.6 Å². The van der Waals surface area contributed by atoms with Gasteiger partial charge in [0.2, 0.25) is 0 Å². The summed E-state index contributed by atoms with van der Waals surface area (Å²) in [5.74, 6) is 1.21. The molecule has 2 aromatic rings. The Kier molecular flexibility index (Phi) is 6.10. The van der Waals surface area contributed by atoms with Crippen molar-refractivity contribution < 1.29 is 14.3 Å². The van der Waals surface area contributed by atoms with Crippen molar-refractivity contribution in [3.8, 4) is 11.5 Å². The molecule has 2 aromatic carbocycles. The molecule has 0 heterocycles. The Hall–Kier alpha value is -2.20. The molecule has 2 rings (SSSR count). The molecule has 0 saturated carbocycles. The largest absolute Gasteiger partial charge is 0.496 e. The van der Waals surface area contributed by atoms with Gasteiger partial charge in [0.15, 0.2) is 6.61 Å². The summed E-state index contributed by atoms with van der Waals surface area (Å²) >= 11 is 5.91. The molecule has 0 bridgehead atoms. The maximum Gasteiger partial charge on any atom is 0.258 e. The number of benzene rings is 2. The number of aryl methyl sites for hydroxylation is 2. The Morgan fingerprint density at radius 3 is 2.54 bits per heavy atom. The normalized spacial score (nSPS) is 11.7. The number of carbonyl (C=O) groups excluding carboxylic acids is 1. The molecule has 0 fully saturated rings. The van der Waals surface area contributed by atoms with E-state index in [-0.39, 0.29) is 18.6 Å². The molecule has 1 amide bonds. The van der Waals surface area contributed by atoms with Crippen molar-refractivity contribution in [3.63, 3.8) is 0 Å². The number of amides is 1. The van der Waals surface area contributed by atoms with Crippen molar-refractivity contribution >= 4 is 17.5 Å². The van der Waals surface area contributed by atoms with E-state index >= 15 is 0 Å². The summed E-state index contributed by atoms with van der Waals surface area (Å²) in [5.41, 5.74) is 2.94. The van der Waals surface area contributed by atoms with Gasteiger partial charge in [-0.25, -0.2) is 0 Å². The summed E-state index contributed by atoms with van der Waals surface area (Å²) in [7, 11) is 1.62. The third-order valence-electron chi connectivity index (χ3n) is 3.72. The standard InChI is InChI=1S/C19H22ClNO3/c1-12-5-7-18(23-4)16(9-12)14(3)21-19(22)11-24-17-8-6-15(20)10-13(17)2/h5-10,14H,11H2,1-4H3,(H,21,22)/t14-/m1/s1. The van der Waals surface area contributed by atoms with Crippen molar-refractivity contribution in [2.75, 3.05) is 13.7 Å². The van der Waals surface area contributed by atoms with Crippen LogP contribution < -0.4 is 14.8 Å². The lowest BCUT2D eigenvalue weighted by Gasteiger charge is -2.18. The predicted octanol–water partition coefficient (Wildman–Crippen LogP) is 4.22. The smallest absolute Gasteiger partial charge is 0.258 e. The number of methoxy groups -OCH3 is 1. The van der Waals surface area contributed by atoms with Gasteiger partial charge in [0.1, 0.15) is 11.5 Å². The van der Waals surface area contributed by atoms with Crippen LogP contribution in [0.4, 0.5) is 0 Å². The molecule has 0 unspecified atom stereocenters. The molecular weight excluding hydrogens is 326 g/mol. The molecule has 128 valence electrons. The number of hydrogen-bond donors (Lipinski definition) is 1. The SMILES string of the molecule is COc1ccc(C)cc1[C@@H](C)NC(=O)COc1ccc(Cl)cc1C. The average molecular weight is 348 g/mol. The quantitative estimate of drug-likeness (QED) is 0.851. The van der Waals surface area contributed by atoms with Crippen molar-refractivity contribution in [2.45, 2.75) is 26.8 Å². The molecular formula is C19H22ClNO3. The van der Waals surface area contributed by atoms with Crippen molar-refractivity contribution in [3.05, 3.63) is 58.1 Å². The monoisotopic (exact) mass is 347 g/mol. The molecule has 1 N–H and O–H groups in total. The van der Waals surface area contributed by atoms with Gasteiger partial charge < -0.3 is 14.8 Å². The fourth-order valence-corrected chi connectivity index (χ4v) is 2.70. The first kappa shape index (κ1) is 18.1. The van der Waals surface area contributed by atoms with Gasteiger partial charge in [0.25, 0.3) is 5.91 Å². The molecule has 0 radical (unpaired) electrons. The van der Waals surface area contributed by atoms with Crippen LogP contribution in [0.25, 0.3) is 0 Å². The highest BCUT2D eigenvalue weighted by Crippen LogP contribution is 2.26. The highest BCUT2D eigenvalue weighted by molar-refractivity contribution is 6.30. The Bertz CT molecular complexity index is 731. The molecule has 0 aromatic heterocycles. The maximum absolute atomic E-state index is 12.2. The van der Waals surface area contributed by atoms with Gasteiger partial charge >= 0.3 is 0 Å². The topological polar surface area (TPSA) is 47.6 Å². The molecule has 0 aliphatic rings. The van der Waals surface area contributed by atoms with E-state index in [0.717, 1.165) is 22.4 Å². The van der Waals surface area contributed by atoms with E-state index in [0.29, 0.717) is 10.8 Å². The number of ether oxygens (including phenoxy) is 2. The van der Waals surface area contributed by atoms with E-state index in [1.54, 1.807) is 25.3 Å². The van der Waals surface area contributed by atoms with Crippen LogP contribution in [-0.2, 0) is 4.79 Å². The van der Waals surface area contributed by atoms with E-state index in [4.69, 9.17) is 21.1 Å². The fraction of sp³-hybridized carbons (Fsp3) is 0.316. The van der Waals surface area contributed by atoms with E-state index in [2.05, 4.69) is 5.32 Å². The number of rotatable bonds is 6. The number of hydrogen-bond acceptors (Lipinski definition) is 3. The maximum atomic E-state index is 12.2. The highest BCUT2D eigenvalue weighted by Gasteiger charge is 2.15. The van der Waals surface area contributed by atoms with Crippen LogP contribution >= 0.6 is 11.6 Å². The highest BCUT2D eigenvalue weighted by atomic mass is 35.5. The number of carbonyl (C=O) groups is 1. The Balaban J connectivity index is 1.98. The van der Waals surface area contributed by atoms with Crippen LogP contribution in [0.1, 0.15) is 29.7 Å². The molecule has 0 aliphatic heterocycles. The molecule has 0 spiro atoms. The molecule has 0 saturated heterocycles. The Morgan fingerprint density at radius 2 is 1.88 bits per heavy atom. The van der Waals surface area contributed by atoms with Gasteiger partial charge in [-0.1, -0.05) is 29.3 Å². The van der Waals surface area contributed by atoms with E-state index < -0.39 is 0 Å². The number of halogens is 1. The van der Waals surface area contributed by atoms with Crippen LogP contribution in [-0.4, -0.2) is 19.6 Å². The molecule has 0 aliphatic carbocycles.